The van der Waals surface area contributed by atoms with Crippen LogP contribution in [0.5, 0.6) is 0 Å². The fourth-order valence-electron chi connectivity index (χ4n) is 3.51. The Kier molecular flexibility index (Phi) is 3.77. The summed E-state index contributed by atoms with van der Waals surface area (Å²) in [5.41, 5.74) is 4.85. The first kappa shape index (κ1) is 15.6. The van der Waals surface area contributed by atoms with Crippen molar-refractivity contribution in [2.45, 2.75) is 0 Å². The Morgan fingerprint density at radius 3 is 2.15 bits per heavy atom. The van der Waals surface area contributed by atoms with Crippen LogP contribution >= 0.6 is 22.9 Å². The average molecular weight is 371 g/mol. The molecule has 0 N–H and O–H groups in total. The second-order valence-electron chi connectivity index (χ2n) is 6.37. The van der Waals surface area contributed by atoms with E-state index >= 15 is 0 Å². The Bertz CT molecular complexity index is 1250. The highest BCUT2D eigenvalue weighted by Crippen LogP contribution is 2.40. The van der Waals surface area contributed by atoms with Crippen molar-refractivity contribution < 1.29 is 0 Å². The topological polar surface area (TPSA) is 0 Å². The van der Waals surface area contributed by atoms with Gasteiger partial charge in [-0.05, 0) is 46.5 Å². The van der Waals surface area contributed by atoms with Crippen LogP contribution in [0, 0.1) is 0 Å². The second kappa shape index (κ2) is 6.28. The van der Waals surface area contributed by atoms with Gasteiger partial charge in [0.25, 0.3) is 0 Å². The molecule has 0 unspecified atom stereocenters. The van der Waals surface area contributed by atoms with Crippen molar-refractivity contribution in [2.24, 2.45) is 0 Å². The fraction of sp³-hybridized carbons (Fsp3) is 0. The monoisotopic (exact) mass is 370 g/mol. The summed E-state index contributed by atoms with van der Waals surface area (Å²) in [7, 11) is 0. The van der Waals surface area contributed by atoms with Gasteiger partial charge in [0.2, 0.25) is 0 Å². The molecule has 0 fully saturated rings. The highest BCUT2D eigenvalue weighted by Gasteiger charge is 2.10. The van der Waals surface area contributed by atoms with Crippen LogP contribution in [-0.4, -0.2) is 0 Å². The van der Waals surface area contributed by atoms with E-state index in [9.17, 15) is 0 Å². The molecule has 0 nitrogen and oxygen atoms in total. The van der Waals surface area contributed by atoms with Gasteiger partial charge in [0.05, 0.1) is 0 Å². The summed E-state index contributed by atoms with van der Waals surface area (Å²) in [5.74, 6) is 0. The lowest BCUT2D eigenvalue weighted by molar-refractivity contribution is 1.61. The van der Waals surface area contributed by atoms with Gasteiger partial charge in [0.1, 0.15) is 0 Å². The summed E-state index contributed by atoms with van der Waals surface area (Å²) in [6.45, 7) is 0. The number of rotatable bonds is 2. The largest absolute Gasteiger partial charge is 0.135 e. The third-order valence-corrected chi connectivity index (χ3v) is 6.19. The van der Waals surface area contributed by atoms with Gasteiger partial charge in [-0.25, -0.2) is 0 Å². The first-order chi connectivity index (χ1) is 12.8. The number of halogens is 1. The fourth-order valence-corrected chi connectivity index (χ4v) is 4.94. The molecule has 4 aromatic carbocycles. The van der Waals surface area contributed by atoms with Crippen LogP contribution in [0.3, 0.4) is 0 Å². The number of hydrogen-bond acceptors (Lipinski definition) is 1. The lowest BCUT2D eigenvalue weighted by Crippen LogP contribution is -1.82. The molecule has 26 heavy (non-hydrogen) atoms. The molecular formula is C24H15ClS. The van der Waals surface area contributed by atoms with Crippen LogP contribution in [0.15, 0.2) is 91.0 Å². The number of benzene rings is 4. The molecule has 0 bridgehead atoms. The molecule has 5 rings (SSSR count). The Hall–Kier alpha value is -2.61. The maximum atomic E-state index is 6.18. The van der Waals surface area contributed by atoms with Crippen molar-refractivity contribution >= 4 is 43.1 Å². The summed E-state index contributed by atoms with van der Waals surface area (Å²) in [6.07, 6.45) is 0. The van der Waals surface area contributed by atoms with Crippen LogP contribution in [0.25, 0.3) is 42.4 Å². The average Bonchev–Trinajstić information content (AvgIpc) is 3.07. The second-order valence-corrected chi connectivity index (χ2v) is 7.86. The van der Waals surface area contributed by atoms with Crippen molar-refractivity contribution in [3.05, 3.63) is 96.0 Å². The standard InChI is InChI=1S/C24H15ClS/c25-19-9-4-7-17(15-19)16-6-3-8-18(14-16)20-11-5-12-22-21-10-1-2-13-23(21)26-24(20)22/h1-15H. The molecule has 1 heterocycles. The minimum atomic E-state index is 0.763. The molecule has 0 saturated carbocycles. The van der Waals surface area contributed by atoms with Gasteiger partial charge in [-0.1, -0.05) is 78.3 Å². The van der Waals surface area contributed by atoms with E-state index in [1.54, 1.807) is 0 Å². The molecule has 0 saturated heterocycles. The SMILES string of the molecule is Clc1cccc(-c2cccc(-c3cccc4c3sc3ccccc34)c2)c1. The Labute approximate surface area is 161 Å². The van der Waals surface area contributed by atoms with E-state index in [0.29, 0.717) is 0 Å². The molecule has 2 heteroatoms. The quantitative estimate of drug-likeness (QED) is 0.295. The molecule has 0 aliphatic rings. The molecule has 0 aliphatic carbocycles. The molecule has 1 aromatic heterocycles. The van der Waals surface area contributed by atoms with Gasteiger partial charge in [-0.15, -0.1) is 11.3 Å². The van der Waals surface area contributed by atoms with Gasteiger partial charge in [0.15, 0.2) is 0 Å². The smallest absolute Gasteiger partial charge is 0.0433 e. The zero-order valence-electron chi connectivity index (χ0n) is 13.9. The number of fused-ring (bicyclic) bond motifs is 3. The molecule has 5 aromatic rings. The lowest BCUT2D eigenvalue weighted by Gasteiger charge is -2.08. The van der Waals surface area contributed by atoms with Crippen molar-refractivity contribution in [3.63, 3.8) is 0 Å². The first-order valence-electron chi connectivity index (χ1n) is 8.56. The highest BCUT2D eigenvalue weighted by molar-refractivity contribution is 7.26. The molecule has 0 aliphatic heterocycles. The highest BCUT2D eigenvalue weighted by atomic mass is 35.5. The van der Waals surface area contributed by atoms with Crippen molar-refractivity contribution in [2.75, 3.05) is 0 Å². The lowest BCUT2D eigenvalue weighted by atomic mass is 9.98. The van der Waals surface area contributed by atoms with E-state index in [1.807, 2.05) is 29.5 Å². The number of thiophene rings is 1. The van der Waals surface area contributed by atoms with Crippen LogP contribution < -0.4 is 0 Å². The normalized spacial score (nSPS) is 11.3. The van der Waals surface area contributed by atoms with Crippen molar-refractivity contribution in [1.29, 1.82) is 0 Å². The van der Waals surface area contributed by atoms with Gasteiger partial charge < -0.3 is 0 Å². The summed E-state index contributed by atoms with van der Waals surface area (Å²) in [4.78, 5) is 0. The maximum Gasteiger partial charge on any atom is 0.0433 e. The summed E-state index contributed by atoms with van der Waals surface area (Å²) in [6, 6.07) is 32.0. The van der Waals surface area contributed by atoms with Crippen LogP contribution in [0.4, 0.5) is 0 Å². The van der Waals surface area contributed by atoms with E-state index < -0.39 is 0 Å². The van der Waals surface area contributed by atoms with E-state index in [-0.39, 0.29) is 0 Å². The molecule has 0 radical (unpaired) electrons. The van der Waals surface area contributed by atoms with E-state index in [1.165, 1.54) is 36.9 Å². The Balaban J connectivity index is 1.72. The van der Waals surface area contributed by atoms with Crippen LogP contribution in [-0.2, 0) is 0 Å². The van der Waals surface area contributed by atoms with E-state index in [2.05, 4.69) is 72.8 Å². The zero-order valence-corrected chi connectivity index (χ0v) is 15.5. The predicted molar refractivity (Wildman–Crippen MR) is 115 cm³/mol. The predicted octanol–water partition coefficient (Wildman–Crippen LogP) is 8.04. The summed E-state index contributed by atoms with van der Waals surface area (Å²) in [5, 5.41) is 3.43. The van der Waals surface area contributed by atoms with Gasteiger partial charge in [-0.3, -0.25) is 0 Å². The van der Waals surface area contributed by atoms with Crippen molar-refractivity contribution in [3.8, 4) is 22.3 Å². The Morgan fingerprint density at radius 1 is 0.577 bits per heavy atom. The van der Waals surface area contributed by atoms with Crippen LogP contribution in [0.1, 0.15) is 0 Å². The molecule has 0 spiro atoms. The van der Waals surface area contributed by atoms with Crippen molar-refractivity contribution in [1.82, 2.24) is 0 Å². The maximum absolute atomic E-state index is 6.18. The van der Waals surface area contributed by atoms with E-state index in [4.69, 9.17) is 11.6 Å². The zero-order chi connectivity index (χ0) is 17.5. The minimum absolute atomic E-state index is 0.763. The molecular weight excluding hydrogens is 356 g/mol. The van der Waals surface area contributed by atoms with Gasteiger partial charge in [0, 0.05) is 25.2 Å². The van der Waals surface area contributed by atoms with Gasteiger partial charge >= 0.3 is 0 Å². The van der Waals surface area contributed by atoms with E-state index in [0.717, 1.165) is 10.6 Å². The molecule has 124 valence electrons. The third kappa shape index (κ3) is 2.61. The minimum Gasteiger partial charge on any atom is -0.135 e. The summed E-state index contributed by atoms with van der Waals surface area (Å²) >= 11 is 8.04. The van der Waals surface area contributed by atoms with Gasteiger partial charge in [-0.2, -0.15) is 0 Å². The summed E-state index contributed by atoms with van der Waals surface area (Å²) < 4.78 is 2.68. The van der Waals surface area contributed by atoms with Crippen LogP contribution in [0.2, 0.25) is 5.02 Å². The molecule has 0 atom stereocenters. The Morgan fingerprint density at radius 2 is 1.27 bits per heavy atom. The third-order valence-electron chi connectivity index (χ3n) is 4.74. The molecule has 0 amide bonds. The first-order valence-corrected chi connectivity index (χ1v) is 9.76. The number of hydrogen-bond donors (Lipinski definition) is 0.